The van der Waals surface area contributed by atoms with Crippen LogP contribution in [0.15, 0.2) is 71.6 Å². The molecule has 35 heavy (non-hydrogen) atoms. The van der Waals surface area contributed by atoms with Crippen molar-refractivity contribution < 1.29 is 27.5 Å². The number of rotatable bonds is 7. The van der Waals surface area contributed by atoms with E-state index in [0.29, 0.717) is 41.3 Å². The molecular weight excluding hydrogens is 470 g/mol. The van der Waals surface area contributed by atoms with Gasteiger partial charge in [-0.3, -0.25) is 14.8 Å². The van der Waals surface area contributed by atoms with E-state index < -0.39 is 16.1 Å². The van der Waals surface area contributed by atoms with Gasteiger partial charge >= 0.3 is 6.09 Å². The Morgan fingerprint density at radius 2 is 1.66 bits per heavy atom. The minimum absolute atomic E-state index is 0.0265. The summed E-state index contributed by atoms with van der Waals surface area (Å²) in [6.07, 6.45) is 0.0623. The molecule has 2 N–H and O–H groups in total. The number of hydrogen-bond donors (Lipinski definition) is 2. The molecule has 182 valence electrons. The number of methoxy groups -OCH3 is 1. The van der Waals surface area contributed by atoms with Crippen LogP contribution >= 0.6 is 0 Å². The molecule has 2 amide bonds. The lowest BCUT2D eigenvalue weighted by atomic mass is 10.1. The first-order chi connectivity index (χ1) is 16.8. The number of benzene rings is 3. The van der Waals surface area contributed by atoms with Crippen molar-refractivity contribution in [3.8, 4) is 5.75 Å². The van der Waals surface area contributed by atoms with Gasteiger partial charge in [-0.05, 0) is 79.6 Å². The Bertz CT molecular complexity index is 1340. The normalized spacial score (nSPS) is 12.6. The molecule has 0 atom stereocenters. The van der Waals surface area contributed by atoms with E-state index >= 15 is 0 Å². The summed E-state index contributed by atoms with van der Waals surface area (Å²) in [5, 5.41) is 2.51. The Labute approximate surface area is 203 Å². The molecule has 0 aliphatic carbocycles. The largest absolute Gasteiger partial charge is 0.497 e. The number of anilines is 3. The van der Waals surface area contributed by atoms with Crippen molar-refractivity contribution in [2.45, 2.75) is 18.2 Å². The van der Waals surface area contributed by atoms with Gasteiger partial charge in [0.25, 0.3) is 15.9 Å². The van der Waals surface area contributed by atoms with E-state index in [1.165, 1.54) is 24.3 Å². The summed E-state index contributed by atoms with van der Waals surface area (Å²) in [7, 11) is -2.33. The summed E-state index contributed by atoms with van der Waals surface area (Å²) >= 11 is 0. The molecule has 3 aromatic rings. The maximum Gasteiger partial charge on any atom is 0.411 e. The predicted octanol–water partition coefficient (Wildman–Crippen LogP) is 4.27. The first-order valence-electron chi connectivity index (χ1n) is 11.0. The summed E-state index contributed by atoms with van der Waals surface area (Å²) in [6, 6.07) is 17.7. The van der Waals surface area contributed by atoms with Crippen LogP contribution in [0, 0.1) is 0 Å². The van der Waals surface area contributed by atoms with Crippen molar-refractivity contribution in [3.63, 3.8) is 0 Å². The molecule has 0 aromatic heterocycles. The number of fused-ring (bicyclic) bond motifs is 1. The van der Waals surface area contributed by atoms with Crippen LogP contribution in [-0.2, 0) is 21.2 Å². The average molecular weight is 496 g/mol. The number of ether oxygens (including phenoxy) is 2. The fraction of sp³-hybridized carbons (Fsp3) is 0.200. The minimum atomic E-state index is -3.90. The third-order valence-corrected chi connectivity index (χ3v) is 6.90. The van der Waals surface area contributed by atoms with Gasteiger partial charge in [-0.2, -0.15) is 0 Å². The Morgan fingerprint density at radius 1 is 0.971 bits per heavy atom. The van der Waals surface area contributed by atoms with Gasteiger partial charge in [0.15, 0.2) is 0 Å². The molecule has 0 saturated heterocycles. The number of amides is 2. The van der Waals surface area contributed by atoms with Crippen LogP contribution < -0.4 is 19.7 Å². The number of nitrogens with one attached hydrogen (secondary N) is 2. The van der Waals surface area contributed by atoms with E-state index in [9.17, 15) is 18.0 Å². The highest BCUT2D eigenvalue weighted by atomic mass is 32.2. The summed E-state index contributed by atoms with van der Waals surface area (Å²) in [5.41, 5.74) is 2.89. The smallest absolute Gasteiger partial charge is 0.411 e. The third-order valence-electron chi connectivity index (χ3n) is 5.50. The molecule has 0 bridgehead atoms. The van der Waals surface area contributed by atoms with Crippen molar-refractivity contribution in [2.24, 2.45) is 0 Å². The molecule has 0 unspecified atom stereocenters. The first-order valence-corrected chi connectivity index (χ1v) is 12.4. The lowest BCUT2D eigenvalue weighted by molar-refractivity contribution is 0.0989. The van der Waals surface area contributed by atoms with E-state index in [0.717, 1.165) is 5.56 Å². The molecule has 3 aromatic carbocycles. The molecule has 0 spiro atoms. The zero-order valence-corrected chi connectivity index (χ0v) is 20.1. The average Bonchev–Trinajstić information content (AvgIpc) is 3.27. The number of carbonyl (C=O) groups is 2. The highest BCUT2D eigenvalue weighted by molar-refractivity contribution is 7.92. The summed E-state index contributed by atoms with van der Waals surface area (Å²) in [6.45, 7) is 2.42. The maximum atomic E-state index is 13.1. The number of carbonyl (C=O) groups excluding carboxylic acids is 2. The van der Waals surface area contributed by atoms with Crippen LogP contribution in [0.3, 0.4) is 0 Å². The molecule has 1 aliphatic heterocycles. The first kappa shape index (κ1) is 24.1. The standard InChI is InChI=1S/C25H25N3O6S/c1-3-34-25(30)26-19-8-12-22(13-9-19)35(31,32)27-20-7-4-17-14-15-28(23(17)16-20)24(29)18-5-10-21(33-2)11-6-18/h4-13,16,27H,3,14-15H2,1-2H3,(H,26,30). The van der Waals surface area contributed by atoms with Crippen LogP contribution in [-0.4, -0.2) is 40.7 Å². The molecular formula is C25H25N3O6S. The Kier molecular flexibility index (Phi) is 6.92. The monoisotopic (exact) mass is 495 g/mol. The van der Waals surface area contributed by atoms with Crippen LogP contribution in [0.4, 0.5) is 21.9 Å². The van der Waals surface area contributed by atoms with Gasteiger partial charge in [0.1, 0.15) is 5.75 Å². The number of sulfonamides is 1. The van der Waals surface area contributed by atoms with Crippen LogP contribution in [0.25, 0.3) is 0 Å². The van der Waals surface area contributed by atoms with E-state index in [4.69, 9.17) is 9.47 Å². The molecule has 4 rings (SSSR count). The Morgan fingerprint density at radius 3 is 2.31 bits per heavy atom. The van der Waals surface area contributed by atoms with Gasteiger partial charge in [-0.25, -0.2) is 13.2 Å². The van der Waals surface area contributed by atoms with Gasteiger partial charge in [0.2, 0.25) is 0 Å². The Hall–Kier alpha value is -4.05. The zero-order chi connectivity index (χ0) is 25.0. The zero-order valence-electron chi connectivity index (χ0n) is 19.3. The van der Waals surface area contributed by atoms with Crippen molar-refractivity contribution >= 4 is 39.1 Å². The van der Waals surface area contributed by atoms with Crippen molar-refractivity contribution in [3.05, 3.63) is 77.9 Å². The second-order valence-electron chi connectivity index (χ2n) is 7.75. The van der Waals surface area contributed by atoms with Crippen molar-refractivity contribution in [2.75, 3.05) is 35.2 Å². The Balaban J connectivity index is 1.51. The quantitative estimate of drug-likeness (QED) is 0.506. The third kappa shape index (κ3) is 5.38. The van der Waals surface area contributed by atoms with Gasteiger partial charge in [0.05, 0.1) is 24.3 Å². The van der Waals surface area contributed by atoms with Crippen molar-refractivity contribution in [1.82, 2.24) is 0 Å². The van der Waals surface area contributed by atoms with E-state index in [1.54, 1.807) is 55.3 Å². The van der Waals surface area contributed by atoms with Gasteiger partial charge in [-0.15, -0.1) is 0 Å². The van der Waals surface area contributed by atoms with Gasteiger partial charge in [0, 0.05) is 23.5 Å². The SMILES string of the molecule is CCOC(=O)Nc1ccc(S(=O)(=O)Nc2ccc3c(c2)N(C(=O)c2ccc(OC)cc2)CC3)cc1. The molecule has 9 nitrogen and oxygen atoms in total. The van der Waals surface area contributed by atoms with E-state index in [2.05, 4.69) is 10.0 Å². The molecule has 0 fully saturated rings. The predicted molar refractivity (Wildman–Crippen MR) is 133 cm³/mol. The molecule has 10 heteroatoms. The maximum absolute atomic E-state index is 13.1. The number of nitrogens with zero attached hydrogens (tertiary/aromatic N) is 1. The molecule has 1 heterocycles. The second kappa shape index (κ2) is 10.1. The highest BCUT2D eigenvalue weighted by Crippen LogP contribution is 2.33. The van der Waals surface area contributed by atoms with Gasteiger partial charge < -0.3 is 14.4 Å². The molecule has 0 saturated carbocycles. The van der Waals surface area contributed by atoms with Crippen LogP contribution in [0.5, 0.6) is 5.75 Å². The van der Waals surface area contributed by atoms with Gasteiger partial charge in [-0.1, -0.05) is 6.07 Å². The minimum Gasteiger partial charge on any atom is -0.497 e. The topological polar surface area (TPSA) is 114 Å². The van der Waals surface area contributed by atoms with E-state index in [-0.39, 0.29) is 17.4 Å². The number of hydrogen-bond acceptors (Lipinski definition) is 6. The fourth-order valence-corrected chi connectivity index (χ4v) is 4.81. The summed E-state index contributed by atoms with van der Waals surface area (Å²) < 4.78 is 38.4. The summed E-state index contributed by atoms with van der Waals surface area (Å²) in [4.78, 5) is 26.3. The molecule has 1 aliphatic rings. The summed E-state index contributed by atoms with van der Waals surface area (Å²) in [5.74, 6) is 0.487. The van der Waals surface area contributed by atoms with Crippen molar-refractivity contribution in [1.29, 1.82) is 0 Å². The lowest BCUT2D eigenvalue weighted by Crippen LogP contribution is -2.28. The fourth-order valence-electron chi connectivity index (χ4n) is 3.76. The second-order valence-corrected chi connectivity index (χ2v) is 9.44. The van der Waals surface area contributed by atoms with Crippen LogP contribution in [0.1, 0.15) is 22.8 Å². The highest BCUT2D eigenvalue weighted by Gasteiger charge is 2.26. The lowest BCUT2D eigenvalue weighted by Gasteiger charge is -2.19. The van der Waals surface area contributed by atoms with E-state index in [1.807, 2.05) is 6.07 Å². The molecule has 0 radical (unpaired) electrons. The van der Waals surface area contributed by atoms with Crippen LogP contribution in [0.2, 0.25) is 0 Å².